The van der Waals surface area contributed by atoms with Crippen molar-refractivity contribution in [1.29, 1.82) is 0 Å². The molecule has 0 fully saturated rings. The van der Waals surface area contributed by atoms with Crippen LogP contribution in [-0.2, 0) is 0 Å². The van der Waals surface area contributed by atoms with Crippen LogP contribution in [0.25, 0.3) is 0 Å². The second-order valence-corrected chi connectivity index (χ2v) is 4.06. The molecule has 0 aromatic heterocycles. The average Bonchev–Trinajstić information content (AvgIpc) is 2.18. The van der Waals surface area contributed by atoms with Crippen molar-refractivity contribution in [3.63, 3.8) is 0 Å². The lowest BCUT2D eigenvalue weighted by molar-refractivity contribution is 0.281. The monoisotopic (exact) mass is 230 g/mol. The molecule has 1 aromatic carbocycles. The van der Waals surface area contributed by atoms with E-state index < -0.39 is 0 Å². The molecule has 1 atom stereocenters. The average molecular weight is 231 g/mol. The van der Waals surface area contributed by atoms with Crippen molar-refractivity contribution < 1.29 is 9.13 Å². The van der Waals surface area contributed by atoms with Gasteiger partial charge in [0, 0.05) is 11.9 Å². The summed E-state index contributed by atoms with van der Waals surface area (Å²) in [6.45, 7) is 2.75. The van der Waals surface area contributed by atoms with Gasteiger partial charge in [0.15, 0.2) is 0 Å². The smallest absolute Gasteiger partial charge is 0.126 e. The predicted molar refractivity (Wildman–Crippen MR) is 61.0 cm³/mol. The summed E-state index contributed by atoms with van der Waals surface area (Å²) in [7, 11) is 0. The SMILES string of the molecule is CC(CCCl)CCOc1cccc(F)c1. The van der Waals surface area contributed by atoms with E-state index in [4.69, 9.17) is 16.3 Å². The molecule has 0 heterocycles. The first-order valence-electron chi connectivity index (χ1n) is 5.16. The molecule has 0 spiro atoms. The fourth-order valence-electron chi connectivity index (χ4n) is 1.27. The molecule has 3 heteroatoms. The Morgan fingerprint density at radius 1 is 1.40 bits per heavy atom. The van der Waals surface area contributed by atoms with Gasteiger partial charge in [0.25, 0.3) is 0 Å². The Morgan fingerprint density at radius 3 is 2.87 bits per heavy atom. The van der Waals surface area contributed by atoms with Crippen LogP contribution >= 0.6 is 11.6 Å². The van der Waals surface area contributed by atoms with Crippen molar-refractivity contribution in [2.45, 2.75) is 19.8 Å². The fraction of sp³-hybridized carbons (Fsp3) is 0.500. The van der Waals surface area contributed by atoms with Gasteiger partial charge in [0.05, 0.1) is 6.61 Å². The Balaban J connectivity index is 2.25. The van der Waals surface area contributed by atoms with Crippen molar-refractivity contribution in [3.05, 3.63) is 30.1 Å². The Kier molecular flexibility index (Phi) is 5.48. The Morgan fingerprint density at radius 2 is 2.20 bits per heavy atom. The number of ether oxygens (including phenoxy) is 1. The number of hydrogen-bond acceptors (Lipinski definition) is 1. The molecule has 0 saturated heterocycles. The molecule has 0 radical (unpaired) electrons. The van der Waals surface area contributed by atoms with Gasteiger partial charge in [0.1, 0.15) is 11.6 Å². The van der Waals surface area contributed by atoms with E-state index in [0.717, 1.165) is 12.8 Å². The van der Waals surface area contributed by atoms with Crippen molar-refractivity contribution in [2.75, 3.05) is 12.5 Å². The zero-order chi connectivity index (χ0) is 11.1. The van der Waals surface area contributed by atoms with Gasteiger partial charge in [-0.05, 0) is 30.9 Å². The Hall–Kier alpha value is -0.760. The first kappa shape index (κ1) is 12.3. The molecule has 0 N–H and O–H groups in total. The molecular weight excluding hydrogens is 215 g/mol. The quantitative estimate of drug-likeness (QED) is 0.675. The van der Waals surface area contributed by atoms with Crippen LogP contribution in [0.4, 0.5) is 4.39 Å². The zero-order valence-electron chi connectivity index (χ0n) is 8.88. The summed E-state index contributed by atoms with van der Waals surface area (Å²) in [4.78, 5) is 0. The third-order valence-corrected chi connectivity index (χ3v) is 2.50. The summed E-state index contributed by atoms with van der Waals surface area (Å²) in [5.41, 5.74) is 0. The maximum absolute atomic E-state index is 12.8. The second kappa shape index (κ2) is 6.67. The highest BCUT2D eigenvalue weighted by molar-refractivity contribution is 6.17. The largest absolute Gasteiger partial charge is 0.493 e. The topological polar surface area (TPSA) is 9.23 Å². The van der Waals surface area contributed by atoms with Crippen LogP contribution in [0.15, 0.2) is 24.3 Å². The Bertz CT molecular complexity index is 291. The lowest BCUT2D eigenvalue weighted by Crippen LogP contribution is -2.04. The number of hydrogen-bond donors (Lipinski definition) is 0. The van der Waals surface area contributed by atoms with Crippen molar-refractivity contribution in [2.24, 2.45) is 5.92 Å². The maximum Gasteiger partial charge on any atom is 0.126 e. The van der Waals surface area contributed by atoms with E-state index in [1.54, 1.807) is 12.1 Å². The first-order valence-corrected chi connectivity index (χ1v) is 5.70. The van der Waals surface area contributed by atoms with Crippen LogP contribution < -0.4 is 4.74 Å². The van der Waals surface area contributed by atoms with Gasteiger partial charge in [0.2, 0.25) is 0 Å². The lowest BCUT2D eigenvalue weighted by atomic mass is 10.1. The van der Waals surface area contributed by atoms with E-state index in [0.29, 0.717) is 24.2 Å². The summed E-state index contributed by atoms with van der Waals surface area (Å²) in [5.74, 6) is 1.56. The van der Waals surface area contributed by atoms with E-state index in [1.807, 2.05) is 0 Å². The molecule has 1 nitrogen and oxygen atoms in total. The van der Waals surface area contributed by atoms with Crippen LogP contribution in [0.5, 0.6) is 5.75 Å². The van der Waals surface area contributed by atoms with Crippen LogP contribution in [0, 0.1) is 11.7 Å². The molecule has 0 saturated carbocycles. The highest BCUT2D eigenvalue weighted by Gasteiger charge is 2.02. The maximum atomic E-state index is 12.8. The molecule has 0 aliphatic carbocycles. The molecule has 1 aromatic rings. The van der Waals surface area contributed by atoms with Gasteiger partial charge < -0.3 is 4.74 Å². The van der Waals surface area contributed by atoms with Gasteiger partial charge in [-0.1, -0.05) is 13.0 Å². The molecule has 1 rings (SSSR count). The van der Waals surface area contributed by atoms with Gasteiger partial charge >= 0.3 is 0 Å². The predicted octanol–water partition coefficient (Wildman–Crippen LogP) is 3.86. The molecule has 1 unspecified atom stereocenters. The normalized spacial score (nSPS) is 12.5. The van der Waals surface area contributed by atoms with Crippen molar-refractivity contribution in [1.82, 2.24) is 0 Å². The standard InChI is InChI=1S/C12H16ClFO/c1-10(5-7-13)6-8-15-12-4-2-3-11(14)9-12/h2-4,9-10H,5-8H2,1H3. The summed E-state index contributed by atoms with van der Waals surface area (Å²) >= 11 is 5.62. The minimum absolute atomic E-state index is 0.263. The van der Waals surface area contributed by atoms with E-state index in [9.17, 15) is 4.39 Å². The van der Waals surface area contributed by atoms with Crippen LogP contribution in [-0.4, -0.2) is 12.5 Å². The van der Waals surface area contributed by atoms with E-state index in [-0.39, 0.29) is 5.82 Å². The first-order chi connectivity index (χ1) is 7.22. The van der Waals surface area contributed by atoms with Crippen molar-refractivity contribution in [3.8, 4) is 5.75 Å². The van der Waals surface area contributed by atoms with Gasteiger partial charge in [-0.2, -0.15) is 0 Å². The third kappa shape index (κ3) is 5.03. The third-order valence-electron chi connectivity index (χ3n) is 2.28. The number of rotatable bonds is 6. The molecule has 84 valence electrons. The minimum atomic E-state index is -0.263. The highest BCUT2D eigenvalue weighted by Crippen LogP contribution is 2.14. The number of benzene rings is 1. The van der Waals surface area contributed by atoms with Crippen LogP contribution in [0.2, 0.25) is 0 Å². The summed E-state index contributed by atoms with van der Waals surface area (Å²) in [6, 6.07) is 6.21. The lowest BCUT2D eigenvalue weighted by Gasteiger charge is -2.10. The molecule has 0 aliphatic rings. The van der Waals surface area contributed by atoms with Crippen LogP contribution in [0.1, 0.15) is 19.8 Å². The molecule has 15 heavy (non-hydrogen) atoms. The Labute approximate surface area is 95.2 Å². The fourth-order valence-corrected chi connectivity index (χ4v) is 1.64. The van der Waals surface area contributed by atoms with Gasteiger partial charge in [-0.3, -0.25) is 0 Å². The van der Waals surface area contributed by atoms with Crippen LogP contribution in [0.3, 0.4) is 0 Å². The summed E-state index contributed by atoms with van der Waals surface area (Å²) in [5, 5.41) is 0. The summed E-state index contributed by atoms with van der Waals surface area (Å²) in [6.07, 6.45) is 1.94. The molecular formula is C12H16ClFO. The highest BCUT2D eigenvalue weighted by atomic mass is 35.5. The number of alkyl halides is 1. The zero-order valence-corrected chi connectivity index (χ0v) is 9.64. The molecule has 0 aliphatic heterocycles. The molecule has 0 amide bonds. The minimum Gasteiger partial charge on any atom is -0.493 e. The van der Waals surface area contributed by atoms with Gasteiger partial charge in [-0.25, -0.2) is 4.39 Å². The van der Waals surface area contributed by atoms with E-state index in [1.165, 1.54) is 12.1 Å². The van der Waals surface area contributed by atoms with Crippen molar-refractivity contribution >= 4 is 11.6 Å². The molecule has 0 bridgehead atoms. The number of halogens is 2. The van der Waals surface area contributed by atoms with Gasteiger partial charge in [-0.15, -0.1) is 11.6 Å². The second-order valence-electron chi connectivity index (χ2n) is 3.68. The van der Waals surface area contributed by atoms with E-state index in [2.05, 4.69) is 6.92 Å². The van der Waals surface area contributed by atoms with E-state index >= 15 is 0 Å². The summed E-state index contributed by atoms with van der Waals surface area (Å²) < 4.78 is 18.2.